The van der Waals surface area contributed by atoms with Crippen LogP contribution >= 0.6 is 11.6 Å². The van der Waals surface area contributed by atoms with Crippen molar-refractivity contribution in [3.8, 4) is 5.75 Å². The van der Waals surface area contributed by atoms with Gasteiger partial charge in [0.25, 0.3) is 0 Å². The first kappa shape index (κ1) is 20.6. The molecule has 0 saturated heterocycles. The molecular weight excluding hydrogens is 352 g/mol. The largest absolute Gasteiger partial charge is 0.495 e. The van der Waals surface area contributed by atoms with E-state index in [1.54, 1.807) is 12.1 Å². The lowest BCUT2D eigenvalue weighted by atomic mass is 10.0. The molecule has 0 fully saturated rings. The van der Waals surface area contributed by atoms with E-state index >= 15 is 0 Å². The fourth-order valence-corrected chi connectivity index (χ4v) is 3.50. The molecule has 24 heavy (non-hydrogen) atoms. The van der Waals surface area contributed by atoms with Crippen LogP contribution in [0.5, 0.6) is 5.75 Å². The molecule has 0 aromatic heterocycles. The van der Waals surface area contributed by atoms with Crippen molar-refractivity contribution in [2.45, 2.75) is 26.7 Å². The van der Waals surface area contributed by atoms with Crippen molar-refractivity contribution in [2.24, 2.45) is 5.92 Å². The van der Waals surface area contributed by atoms with E-state index in [2.05, 4.69) is 5.32 Å². The first-order valence-electron chi connectivity index (χ1n) is 7.83. The first-order chi connectivity index (χ1) is 11.2. The van der Waals surface area contributed by atoms with E-state index in [-0.39, 0.29) is 24.9 Å². The van der Waals surface area contributed by atoms with Crippen LogP contribution in [0, 0.1) is 5.92 Å². The van der Waals surface area contributed by atoms with Crippen LogP contribution in [0.2, 0.25) is 5.02 Å². The number of hydrogen-bond donors (Lipinski definition) is 1. The van der Waals surface area contributed by atoms with Crippen molar-refractivity contribution < 1.29 is 17.9 Å². The molecule has 1 amide bonds. The van der Waals surface area contributed by atoms with Crippen molar-refractivity contribution in [1.29, 1.82) is 0 Å². The van der Waals surface area contributed by atoms with Crippen LogP contribution in [0.4, 0.5) is 5.69 Å². The van der Waals surface area contributed by atoms with Gasteiger partial charge in [-0.2, -0.15) is 0 Å². The molecule has 1 aromatic rings. The molecule has 0 heterocycles. The lowest BCUT2D eigenvalue weighted by Gasteiger charge is -2.25. The molecule has 0 aliphatic carbocycles. The van der Waals surface area contributed by atoms with Gasteiger partial charge < -0.3 is 10.1 Å². The summed E-state index contributed by atoms with van der Waals surface area (Å²) in [5, 5.41) is 3.19. The van der Waals surface area contributed by atoms with Crippen molar-refractivity contribution >= 4 is 33.2 Å². The van der Waals surface area contributed by atoms with E-state index in [0.29, 0.717) is 16.5 Å². The quantitative estimate of drug-likeness (QED) is 0.718. The molecule has 1 aromatic carbocycles. The first-order valence-corrected chi connectivity index (χ1v) is 10.1. The third kappa shape index (κ3) is 5.56. The Kier molecular flexibility index (Phi) is 7.83. The van der Waals surface area contributed by atoms with Crippen LogP contribution < -0.4 is 14.4 Å². The number of carbonyl (C=O) groups excluding carboxylic acids is 1. The minimum Gasteiger partial charge on any atom is -0.495 e. The minimum absolute atomic E-state index is 0.0580. The van der Waals surface area contributed by atoms with Crippen LogP contribution in [-0.2, 0) is 14.8 Å². The summed E-state index contributed by atoms with van der Waals surface area (Å²) >= 11 is 5.98. The monoisotopic (exact) mass is 376 g/mol. The summed E-state index contributed by atoms with van der Waals surface area (Å²) < 4.78 is 30.7. The maximum atomic E-state index is 12.1. The number of halogens is 1. The molecular formula is C16H25ClN2O4S. The number of rotatable bonds is 9. The van der Waals surface area contributed by atoms with Gasteiger partial charge in [0, 0.05) is 17.5 Å². The lowest BCUT2D eigenvalue weighted by molar-refractivity contribution is -0.125. The van der Waals surface area contributed by atoms with Gasteiger partial charge in [-0.15, -0.1) is 0 Å². The van der Waals surface area contributed by atoms with Gasteiger partial charge in [-0.25, -0.2) is 8.42 Å². The normalized spacial score (nSPS) is 11.4. The molecule has 0 aliphatic heterocycles. The summed E-state index contributed by atoms with van der Waals surface area (Å²) in [6.07, 6.45) is 2.61. The molecule has 8 heteroatoms. The topological polar surface area (TPSA) is 75.7 Å². The van der Waals surface area contributed by atoms with E-state index in [1.807, 2.05) is 13.8 Å². The zero-order valence-electron chi connectivity index (χ0n) is 14.5. The van der Waals surface area contributed by atoms with Crippen LogP contribution in [0.3, 0.4) is 0 Å². The Bertz CT molecular complexity index is 660. The molecule has 0 unspecified atom stereocenters. The zero-order chi connectivity index (χ0) is 18.3. The number of anilines is 1. The lowest BCUT2D eigenvalue weighted by Crippen LogP contribution is -2.40. The van der Waals surface area contributed by atoms with Crippen molar-refractivity contribution in [2.75, 3.05) is 30.8 Å². The van der Waals surface area contributed by atoms with Gasteiger partial charge in [-0.1, -0.05) is 25.4 Å². The zero-order valence-corrected chi connectivity index (χ0v) is 16.1. The highest BCUT2D eigenvalue weighted by atomic mass is 35.5. The third-order valence-corrected chi connectivity index (χ3v) is 5.20. The van der Waals surface area contributed by atoms with Crippen molar-refractivity contribution in [3.05, 3.63) is 23.2 Å². The minimum atomic E-state index is -3.55. The number of ether oxygens (including phenoxy) is 1. The molecule has 0 spiro atoms. The molecule has 0 saturated carbocycles. The predicted molar refractivity (Wildman–Crippen MR) is 97.3 cm³/mol. The van der Waals surface area contributed by atoms with Crippen molar-refractivity contribution in [3.63, 3.8) is 0 Å². The number of benzene rings is 1. The SMILES string of the molecule is CCC(CC)C(=O)NCCN(c1cc(Cl)ccc1OC)S(C)(=O)=O. The number of nitrogens with zero attached hydrogens (tertiary/aromatic N) is 1. The number of hydrogen-bond acceptors (Lipinski definition) is 4. The highest BCUT2D eigenvalue weighted by molar-refractivity contribution is 7.92. The number of methoxy groups -OCH3 is 1. The molecule has 1 N–H and O–H groups in total. The second kappa shape index (κ2) is 9.13. The molecule has 0 radical (unpaired) electrons. The Hall–Kier alpha value is -1.47. The highest BCUT2D eigenvalue weighted by Crippen LogP contribution is 2.32. The standard InChI is InChI=1S/C16H25ClN2O4S/c1-5-12(6-2)16(20)18-9-10-19(24(4,21)22)14-11-13(17)7-8-15(14)23-3/h7-8,11-12H,5-6,9-10H2,1-4H3,(H,18,20). The van der Waals surface area contributed by atoms with Gasteiger partial charge in [0.05, 0.1) is 25.6 Å². The molecule has 0 aliphatic rings. The Morgan fingerprint density at radius 3 is 2.46 bits per heavy atom. The van der Waals surface area contributed by atoms with Gasteiger partial charge in [-0.05, 0) is 31.0 Å². The molecule has 0 atom stereocenters. The van der Waals surface area contributed by atoms with E-state index in [9.17, 15) is 13.2 Å². The van der Waals surface area contributed by atoms with Gasteiger partial charge in [0.1, 0.15) is 5.75 Å². The number of sulfonamides is 1. The Morgan fingerprint density at radius 1 is 1.33 bits per heavy atom. The summed E-state index contributed by atoms with van der Waals surface area (Å²) in [6, 6.07) is 4.77. The Labute approximate surface area is 149 Å². The van der Waals surface area contributed by atoms with Gasteiger partial charge in [-0.3, -0.25) is 9.10 Å². The summed E-state index contributed by atoms with van der Waals surface area (Å²) in [5.74, 6) is 0.278. The summed E-state index contributed by atoms with van der Waals surface area (Å²) in [7, 11) is -2.09. The fraction of sp³-hybridized carbons (Fsp3) is 0.562. The molecule has 6 nitrogen and oxygen atoms in total. The smallest absolute Gasteiger partial charge is 0.232 e. The summed E-state index contributed by atoms with van der Waals surface area (Å²) in [6.45, 7) is 4.21. The third-order valence-electron chi connectivity index (χ3n) is 3.78. The van der Waals surface area contributed by atoms with Crippen LogP contribution in [0.25, 0.3) is 0 Å². The van der Waals surface area contributed by atoms with Gasteiger partial charge in [0.2, 0.25) is 15.9 Å². The maximum absolute atomic E-state index is 12.1. The van der Waals surface area contributed by atoms with Crippen molar-refractivity contribution in [1.82, 2.24) is 5.32 Å². The van der Waals surface area contributed by atoms with Gasteiger partial charge >= 0.3 is 0 Å². The van der Waals surface area contributed by atoms with E-state index in [4.69, 9.17) is 16.3 Å². The van der Waals surface area contributed by atoms with Gasteiger partial charge in [0.15, 0.2) is 0 Å². The number of carbonyl (C=O) groups is 1. The molecule has 136 valence electrons. The molecule has 1 rings (SSSR count). The molecule has 0 bridgehead atoms. The summed E-state index contributed by atoms with van der Waals surface area (Å²) in [4.78, 5) is 12.0. The second-order valence-electron chi connectivity index (χ2n) is 5.46. The summed E-state index contributed by atoms with van der Waals surface area (Å²) in [5.41, 5.74) is 0.351. The van der Waals surface area contributed by atoms with Crippen LogP contribution in [0.15, 0.2) is 18.2 Å². The number of amides is 1. The Morgan fingerprint density at radius 2 is 1.96 bits per heavy atom. The number of nitrogens with one attached hydrogen (secondary N) is 1. The van der Waals surface area contributed by atoms with Crippen LogP contribution in [-0.4, -0.2) is 40.8 Å². The predicted octanol–water partition coefficient (Wildman–Crippen LogP) is 2.67. The van der Waals surface area contributed by atoms with E-state index in [1.165, 1.54) is 17.5 Å². The highest BCUT2D eigenvalue weighted by Gasteiger charge is 2.22. The van der Waals surface area contributed by atoms with E-state index < -0.39 is 10.0 Å². The van der Waals surface area contributed by atoms with Crippen LogP contribution in [0.1, 0.15) is 26.7 Å². The fourth-order valence-electron chi connectivity index (χ4n) is 2.41. The van der Waals surface area contributed by atoms with E-state index in [0.717, 1.165) is 19.1 Å². The average molecular weight is 377 g/mol. The maximum Gasteiger partial charge on any atom is 0.232 e. The second-order valence-corrected chi connectivity index (χ2v) is 7.80. The average Bonchev–Trinajstić information content (AvgIpc) is 2.51. The Balaban J connectivity index is 2.93.